The van der Waals surface area contributed by atoms with Crippen LogP contribution in [0.3, 0.4) is 0 Å². The molecule has 0 saturated carbocycles. The predicted molar refractivity (Wildman–Crippen MR) is 119 cm³/mol. The Morgan fingerprint density at radius 2 is 1.56 bits per heavy atom. The van der Waals surface area contributed by atoms with Crippen LogP contribution in [0.25, 0.3) is 0 Å². The smallest absolute Gasteiger partial charge is 0.323 e. The fourth-order valence-electron chi connectivity index (χ4n) is 2.81. The second-order valence-electron chi connectivity index (χ2n) is 7.31. The number of carboxylic acids is 1. The van der Waals surface area contributed by atoms with Crippen molar-refractivity contribution in [3.05, 3.63) is 78.9 Å². The fourth-order valence-corrected chi connectivity index (χ4v) is 5.36. The zero-order valence-electron chi connectivity index (χ0n) is 17.2. The summed E-state index contributed by atoms with van der Waals surface area (Å²) >= 11 is 1.23. The number of sulfonamides is 1. The number of halogens is 1. The van der Waals surface area contributed by atoms with Crippen LogP contribution < -0.4 is 9.46 Å². The highest BCUT2D eigenvalue weighted by molar-refractivity contribution is 8.00. The third-order valence-electron chi connectivity index (χ3n) is 4.43. The summed E-state index contributed by atoms with van der Waals surface area (Å²) in [6, 6.07) is 12.9. The van der Waals surface area contributed by atoms with Crippen LogP contribution >= 0.6 is 11.8 Å². The number of hydrogen-bond donors (Lipinski definition) is 2. The average Bonchev–Trinajstić information content (AvgIpc) is 2.74. The number of hydrogen-bond acceptors (Lipinski definition) is 6. The van der Waals surface area contributed by atoms with E-state index in [0.29, 0.717) is 11.5 Å². The van der Waals surface area contributed by atoms with Gasteiger partial charge in [-0.3, -0.25) is 9.78 Å². The number of carboxylic acid groups (broad SMARTS) is 1. The van der Waals surface area contributed by atoms with Crippen LogP contribution in [0.15, 0.2) is 82.8 Å². The number of rotatable bonds is 9. The van der Waals surface area contributed by atoms with Crippen LogP contribution in [0.2, 0.25) is 0 Å². The molecule has 1 atom stereocenters. The molecule has 0 fully saturated rings. The molecule has 0 aliphatic carbocycles. The van der Waals surface area contributed by atoms with E-state index in [1.807, 2.05) is 0 Å². The first-order valence-corrected chi connectivity index (χ1v) is 11.7. The Morgan fingerprint density at radius 3 is 2.09 bits per heavy atom. The molecule has 1 heterocycles. The van der Waals surface area contributed by atoms with Crippen molar-refractivity contribution in [3.63, 3.8) is 0 Å². The molecular formula is C22H21FN2O5S2. The molecule has 1 aromatic heterocycles. The average molecular weight is 477 g/mol. The van der Waals surface area contributed by atoms with Gasteiger partial charge in [-0.2, -0.15) is 4.72 Å². The summed E-state index contributed by atoms with van der Waals surface area (Å²) in [5, 5.41) is 9.73. The molecule has 2 aromatic carbocycles. The van der Waals surface area contributed by atoms with E-state index in [9.17, 15) is 22.7 Å². The number of aliphatic carboxylic acids is 1. The minimum atomic E-state index is -4.14. The number of carbonyl (C=O) groups is 1. The van der Waals surface area contributed by atoms with Crippen LogP contribution in [0.1, 0.15) is 13.8 Å². The minimum absolute atomic E-state index is 0.111. The Kier molecular flexibility index (Phi) is 7.17. The standard InChI is InChI=1S/C22H21FN2O5S2/c1-22(2,31-18-11-13-24-14-12-18)20(21(26)27)25-32(28,29)19-9-7-17(8-10-19)30-16-5-3-15(23)4-6-16/h3-14,20,25H,1-2H3,(H,26,27). The molecule has 0 aliphatic rings. The van der Waals surface area contributed by atoms with E-state index in [4.69, 9.17) is 4.74 Å². The second kappa shape index (κ2) is 9.68. The van der Waals surface area contributed by atoms with Crippen molar-refractivity contribution in [1.29, 1.82) is 0 Å². The van der Waals surface area contributed by atoms with Crippen LogP contribution in [0.4, 0.5) is 4.39 Å². The highest BCUT2D eigenvalue weighted by Crippen LogP contribution is 2.35. The first-order chi connectivity index (χ1) is 15.1. The Balaban J connectivity index is 1.76. The summed E-state index contributed by atoms with van der Waals surface area (Å²) in [6.07, 6.45) is 3.15. The van der Waals surface area contributed by atoms with Crippen molar-refractivity contribution in [2.75, 3.05) is 0 Å². The molecule has 0 aliphatic heterocycles. The van der Waals surface area contributed by atoms with E-state index >= 15 is 0 Å². The molecule has 0 saturated heterocycles. The minimum Gasteiger partial charge on any atom is -0.480 e. The highest BCUT2D eigenvalue weighted by Gasteiger charge is 2.39. The van der Waals surface area contributed by atoms with E-state index in [1.165, 1.54) is 60.3 Å². The first-order valence-electron chi connectivity index (χ1n) is 9.44. The van der Waals surface area contributed by atoms with Crippen LogP contribution in [-0.4, -0.2) is 35.3 Å². The largest absolute Gasteiger partial charge is 0.480 e. The fraction of sp³-hybridized carbons (Fsp3) is 0.182. The Morgan fingerprint density at radius 1 is 1.03 bits per heavy atom. The van der Waals surface area contributed by atoms with Gasteiger partial charge in [-0.1, -0.05) is 0 Å². The maximum atomic E-state index is 13.0. The molecule has 3 rings (SSSR count). The lowest BCUT2D eigenvalue weighted by atomic mass is 10.1. The number of ether oxygens (including phenoxy) is 1. The van der Waals surface area contributed by atoms with E-state index < -0.39 is 32.6 Å². The number of thioether (sulfide) groups is 1. The van der Waals surface area contributed by atoms with Crippen LogP contribution in [-0.2, 0) is 14.8 Å². The molecule has 7 nitrogen and oxygen atoms in total. The Bertz CT molecular complexity index is 1170. The zero-order valence-corrected chi connectivity index (χ0v) is 18.9. The summed E-state index contributed by atoms with van der Waals surface area (Å²) in [5.41, 5.74) is 0. The van der Waals surface area contributed by atoms with Crippen molar-refractivity contribution in [2.24, 2.45) is 0 Å². The zero-order chi connectivity index (χ0) is 23.4. The van der Waals surface area contributed by atoms with Crippen molar-refractivity contribution < 1.29 is 27.4 Å². The maximum Gasteiger partial charge on any atom is 0.323 e. The third-order valence-corrected chi connectivity index (χ3v) is 7.14. The van der Waals surface area contributed by atoms with E-state index in [0.717, 1.165) is 4.90 Å². The van der Waals surface area contributed by atoms with Gasteiger partial charge in [0.05, 0.1) is 4.90 Å². The molecular weight excluding hydrogens is 455 g/mol. The van der Waals surface area contributed by atoms with Gasteiger partial charge in [0, 0.05) is 22.0 Å². The molecule has 10 heteroatoms. The molecule has 3 aromatic rings. The molecule has 0 amide bonds. The van der Waals surface area contributed by atoms with Gasteiger partial charge in [0.2, 0.25) is 10.0 Å². The topological polar surface area (TPSA) is 106 Å². The number of aromatic nitrogens is 1. The van der Waals surface area contributed by atoms with Crippen LogP contribution in [0, 0.1) is 5.82 Å². The molecule has 2 N–H and O–H groups in total. The number of benzene rings is 2. The maximum absolute atomic E-state index is 13.0. The van der Waals surface area contributed by atoms with Gasteiger partial charge in [0.25, 0.3) is 0 Å². The van der Waals surface area contributed by atoms with Crippen molar-refractivity contribution in [2.45, 2.75) is 34.4 Å². The predicted octanol–water partition coefficient (Wildman–Crippen LogP) is 4.32. The normalized spacial score (nSPS) is 12.8. The van der Waals surface area contributed by atoms with E-state index in [1.54, 1.807) is 38.4 Å². The molecule has 0 bridgehead atoms. The lowest BCUT2D eigenvalue weighted by Gasteiger charge is -2.31. The summed E-state index contributed by atoms with van der Waals surface area (Å²) in [6.45, 7) is 3.30. The van der Waals surface area contributed by atoms with Gasteiger partial charge in [-0.15, -0.1) is 11.8 Å². The van der Waals surface area contributed by atoms with Crippen molar-refractivity contribution in [1.82, 2.24) is 9.71 Å². The SMILES string of the molecule is CC(C)(Sc1ccncc1)C(NS(=O)(=O)c1ccc(Oc2ccc(F)cc2)cc1)C(=O)O. The second-order valence-corrected chi connectivity index (χ2v) is 10.8. The monoisotopic (exact) mass is 476 g/mol. The van der Waals surface area contributed by atoms with Crippen molar-refractivity contribution in [3.8, 4) is 11.5 Å². The highest BCUT2D eigenvalue weighted by atomic mass is 32.2. The summed E-state index contributed by atoms with van der Waals surface area (Å²) < 4.78 is 45.6. The Labute approximate surface area is 189 Å². The van der Waals surface area contributed by atoms with Gasteiger partial charge in [-0.05, 0) is 74.5 Å². The van der Waals surface area contributed by atoms with Gasteiger partial charge < -0.3 is 9.84 Å². The van der Waals surface area contributed by atoms with E-state index in [2.05, 4.69) is 9.71 Å². The molecule has 32 heavy (non-hydrogen) atoms. The third kappa shape index (κ3) is 6.06. The van der Waals surface area contributed by atoms with Gasteiger partial charge in [0.1, 0.15) is 23.4 Å². The van der Waals surface area contributed by atoms with Crippen LogP contribution in [0.5, 0.6) is 11.5 Å². The number of pyridine rings is 1. The summed E-state index contributed by atoms with van der Waals surface area (Å²) in [5.74, 6) is -0.959. The molecule has 0 radical (unpaired) electrons. The first kappa shape index (κ1) is 23.7. The quantitative estimate of drug-likeness (QED) is 0.443. The van der Waals surface area contributed by atoms with Gasteiger partial charge in [-0.25, -0.2) is 12.8 Å². The molecule has 168 valence electrons. The van der Waals surface area contributed by atoms with E-state index in [-0.39, 0.29) is 4.90 Å². The molecule has 0 spiro atoms. The number of nitrogens with zero attached hydrogens (tertiary/aromatic N) is 1. The van der Waals surface area contributed by atoms with Gasteiger partial charge in [0.15, 0.2) is 0 Å². The summed E-state index contributed by atoms with van der Waals surface area (Å²) in [7, 11) is -4.14. The molecule has 1 unspecified atom stereocenters. The lowest BCUT2D eigenvalue weighted by Crippen LogP contribution is -2.52. The lowest BCUT2D eigenvalue weighted by molar-refractivity contribution is -0.139. The Hall–Kier alpha value is -2.95. The van der Waals surface area contributed by atoms with Gasteiger partial charge >= 0.3 is 5.97 Å². The number of nitrogens with one attached hydrogen (secondary N) is 1. The van der Waals surface area contributed by atoms with Crippen molar-refractivity contribution >= 4 is 27.8 Å². The summed E-state index contributed by atoms with van der Waals surface area (Å²) in [4.78, 5) is 16.5.